The van der Waals surface area contributed by atoms with Crippen LogP contribution in [-0.4, -0.2) is 19.3 Å². The lowest BCUT2D eigenvalue weighted by Gasteiger charge is -2.26. The molecule has 108 valence electrons. The number of sulfonamides is 1. The minimum atomic E-state index is -3.68. The van der Waals surface area contributed by atoms with Crippen LogP contribution in [0.25, 0.3) is 0 Å². The summed E-state index contributed by atoms with van der Waals surface area (Å²) in [6.45, 7) is 0.793. The van der Waals surface area contributed by atoms with E-state index in [0.29, 0.717) is 25.2 Å². The Hall–Kier alpha value is -1.88. The third-order valence-electron chi connectivity index (χ3n) is 3.51. The van der Waals surface area contributed by atoms with Crippen molar-refractivity contribution in [3.8, 4) is 6.07 Å². The molecule has 1 aliphatic rings. The van der Waals surface area contributed by atoms with Crippen molar-refractivity contribution in [3.63, 3.8) is 0 Å². The number of nitrogen functional groups attached to an aromatic ring is 1. The van der Waals surface area contributed by atoms with Gasteiger partial charge in [0.25, 0.3) is 0 Å². The molecule has 0 unspecified atom stereocenters. The first-order valence-electron chi connectivity index (χ1n) is 6.37. The van der Waals surface area contributed by atoms with Gasteiger partial charge < -0.3 is 5.73 Å². The van der Waals surface area contributed by atoms with Crippen LogP contribution in [0.4, 0.5) is 5.69 Å². The molecule has 0 saturated heterocycles. The fraction of sp³-hybridized carbons (Fsp3) is 0.214. The van der Waals surface area contributed by atoms with E-state index in [0.717, 1.165) is 5.56 Å². The van der Waals surface area contributed by atoms with Gasteiger partial charge in [-0.1, -0.05) is 0 Å². The monoisotopic (exact) mass is 319 g/mol. The first-order chi connectivity index (χ1) is 10.0. The zero-order valence-corrected chi connectivity index (χ0v) is 12.7. The van der Waals surface area contributed by atoms with Gasteiger partial charge in [-0.15, -0.1) is 11.3 Å². The highest BCUT2D eigenvalue weighted by atomic mass is 32.2. The summed E-state index contributed by atoms with van der Waals surface area (Å²) in [6, 6.07) is 8.18. The lowest BCUT2D eigenvalue weighted by molar-refractivity contribution is 0.394. The second kappa shape index (κ2) is 5.15. The van der Waals surface area contributed by atoms with Crippen LogP contribution in [0.1, 0.15) is 16.0 Å². The number of rotatable bonds is 2. The van der Waals surface area contributed by atoms with Gasteiger partial charge in [0, 0.05) is 23.7 Å². The third-order valence-corrected chi connectivity index (χ3v) is 6.44. The van der Waals surface area contributed by atoms with Gasteiger partial charge in [0.1, 0.15) is 11.0 Å². The molecule has 2 heterocycles. The van der Waals surface area contributed by atoms with E-state index in [2.05, 4.69) is 0 Å². The highest BCUT2D eigenvalue weighted by molar-refractivity contribution is 7.89. The lowest BCUT2D eigenvalue weighted by atomic mass is 10.1. The number of anilines is 1. The Morgan fingerprint density at radius 1 is 1.33 bits per heavy atom. The molecule has 0 fully saturated rings. The first kappa shape index (κ1) is 14.1. The fourth-order valence-corrected chi connectivity index (χ4v) is 4.86. The Labute approximate surface area is 127 Å². The van der Waals surface area contributed by atoms with Crippen molar-refractivity contribution in [3.05, 3.63) is 45.6 Å². The van der Waals surface area contributed by atoms with E-state index in [1.807, 2.05) is 17.5 Å². The number of benzene rings is 1. The second-order valence-electron chi connectivity index (χ2n) is 4.83. The van der Waals surface area contributed by atoms with E-state index in [-0.39, 0.29) is 10.5 Å². The Morgan fingerprint density at radius 2 is 2.14 bits per heavy atom. The maximum absolute atomic E-state index is 12.7. The lowest BCUT2D eigenvalue weighted by Crippen LogP contribution is -2.35. The van der Waals surface area contributed by atoms with Crippen LogP contribution in [0.5, 0.6) is 0 Å². The molecule has 3 rings (SSSR count). The summed E-state index contributed by atoms with van der Waals surface area (Å²) in [5.41, 5.74) is 7.13. The van der Waals surface area contributed by atoms with Crippen molar-refractivity contribution in [2.45, 2.75) is 17.9 Å². The van der Waals surface area contributed by atoms with Crippen LogP contribution in [0.3, 0.4) is 0 Å². The molecule has 2 aromatic rings. The zero-order chi connectivity index (χ0) is 15.0. The van der Waals surface area contributed by atoms with Crippen LogP contribution in [0.15, 0.2) is 34.5 Å². The molecule has 1 aromatic heterocycles. The van der Waals surface area contributed by atoms with E-state index in [1.54, 1.807) is 11.3 Å². The molecule has 0 amide bonds. The summed E-state index contributed by atoms with van der Waals surface area (Å²) in [5, 5.41) is 11.1. The molecule has 0 spiro atoms. The number of nitrogens with zero attached hydrogens (tertiary/aromatic N) is 2. The first-order valence-corrected chi connectivity index (χ1v) is 8.69. The number of nitriles is 1. The van der Waals surface area contributed by atoms with Crippen LogP contribution in [0, 0.1) is 11.3 Å². The number of thiophene rings is 1. The number of hydrogen-bond donors (Lipinski definition) is 1. The summed E-state index contributed by atoms with van der Waals surface area (Å²) < 4.78 is 26.9. The molecule has 2 N–H and O–H groups in total. The van der Waals surface area contributed by atoms with Gasteiger partial charge in [0.05, 0.1) is 5.56 Å². The largest absolute Gasteiger partial charge is 0.399 e. The Morgan fingerprint density at radius 3 is 2.90 bits per heavy atom. The minimum Gasteiger partial charge on any atom is -0.399 e. The smallest absolute Gasteiger partial charge is 0.244 e. The summed E-state index contributed by atoms with van der Waals surface area (Å²) in [4.78, 5) is 1.26. The molecule has 0 bridgehead atoms. The molecule has 0 radical (unpaired) electrons. The molecule has 0 saturated carbocycles. The number of hydrogen-bond acceptors (Lipinski definition) is 5. The quantitative estimate of drug-likeness (QED) is 0.857. The van der Waals surface area contributed by atoms with E-state index < -0.39 is 10.0 Å². The number of nitrogens with two attached hydrogens (primary N) is 1. The highest BCUT2D eigenvalue weighted by Gasteiger charge is 2.30. The van der Waals surface area contributed by atoms with E-state index in [4.69, 9.17) is 11.0 Å². The average molecular weight is 319 g/mol. The fourth-order valence-electron chi connectivity index (χ4n) is 2.43. The van der Waals surface area contributed by atoms with Crippen LogP contribution >= 0.6 is 11.3 Å². The SMILES string of the molecule is N#Cc1cc(N)ccc1S(=O)(=O)N1CCc2sccc2C1. The van der Waals surface area contributed by atoms with Gasteiger partial charge in [-0.25, -0.2) is 8.42 Å². The van der Waals surface area contributed by atoms with E-state index in [9.17, 15) is 8.42 Å². The molecular formula is C14H13N3O2S2. The molecule has 5 nitrogen and oxygen atoms in total. The van der Waals surface area contributed by atoms with Gasteiger partial charge in [-0.2, -0.15) is 9.57 Å². The summed E-state index contributed by atoms with van der Waals surface area (Å²) in [7, 11) is -3.68. The zero-order valence-electron chi connectivity index (χ0n) is 11.1. The van der Waals surface area contributed by atoms with Gasteiger partial charge in [-0.05, 0) is 41.6 Å². The van der Waals surface area contributed by atoms with Crippen molar-refractivity contribution in [1.82, 2.24) is 4.31 Å². The predicted molar refractivity (Wildman–Crippen MR) is 81.2 cm³/mol. The van der Waals surface area contributed by atoms with Crippen molar-refractivity contribution in [1.29, 1.82) is 5.26 Å². The predicted octanol–water partition coefficient (Wildman–Crippen LogP) is 1.95. The molecule has 21 heavy (non-hydrogen) atoms. The molecule has 0 aliphatic carbocycles. The van der Waals surface area contributed by atoms with Crippen LogP contribution < -0.4 is 5.73 Å². The summed E-state index contributed by atoms with van der Waals surface area (Å²) in [6.07, 6.45) is 0.711. The molecule has 0 atom stereocenters. The summed E-state index contributed by atoms with van der Waals surface area (Å²) in [5.74, 6) is 0. The maximum atomic E-state index is 12.7. The Balaban J connectivity index is 2.01. The topological polar surface area (TPSA) is 87.2 Å². The van der Waals surface area contributed by atoms with Crippen molar-refractivity contribution >= 4 is 27.0 Å². The second-order valence-corrected chi connectivity index (χ2v) is 7.73. The standard InChI is InChI=1S/C14H13N3O2S2/c15-8-11-7-12(16)1-2-14(11)21(18,19)17-5-3-13-10(9-17)4-6-20-13/h1-2,4,6-7H,3,5,9,16H2. The molecular weight excluding hydrogens is 306 g/mol. The van der Waals surface area contributed by atoms with E-state index >= 15 is 0 Å². The number of fused-ring (bicyclic) bond motifs is 1. The molecule has 1 aromatic carbocycles. The molecule has 1 aliphatic heterocycles. The molecule has 7 heteroatoms. The van der Waals surface area contributed by atoms with Crippen molar-refractivity contribution in [2.75, 3.05) is 12.3 Å². The van der Waals surface area contributed by atoms with Gasteiger partial charge in [0.2, 0.25) is 10.0 Å². The Bertz CT molecular complexity index is 834. The Kier molecular flexibility index (Phi) is 3.45. The van der Waals surface area contributed by atoms with Crippen molar-refractivity contribution < 1.29 is 8.42 Å². The van der Waals surface area contributed by atoms with Crippen LogP contribution in [-0.2, 0) is 23.0 Å². The third kappa shape index (κ3) is 2.42. The van der Waals surface area contributed by atoms with Gasteiger partial charge in [-0.3, -0.25) is 0 Å². The maximum Gasteiger partial charge on any atom is 0.244 e. The highest BCUT2D eigenvalue weighted by Crippen LogP contribution is 2.29. The van der Waals surface area contributed by atoms with Gasteiger partial charge >= 0.3 is 0 Å². The minimum absolute atomic E-state index is 0.0258. The van der Waals surface area contributed by atoms with E-state index in [1.165, 1.54) is 27.4 Å². The van der Waals surface area contributed by atoms with Crippen LogP contribution in [0.2, 0.25) is 0 Å². The van der Waals surface area contributed by atoms with Crippen molar-refractivity contribution in [2.24, 2.45) is 0 Å². The average Bonchev–Trinajstić information content (AvgIpc) is 2.94. The normalized spacial score (nSPS) is 15.4. The summed E-state index contributed by atoms with van der Waals surface area (Å²) >= 11 is 1.65. The van der Waals surface area contributed by atoms with Gasteiger partial charge in [0.15, 0.2) is 0 Å².